The minimum atomic E-state index is -0.941. The van der Waals surface area contributed by atoms with E-state index in [-0.39, 0.29) is 11.6 Å². The van der Waals surface area contributed by atoms with Gasteiger partial charge in [-0.1, -0.05) is 6.07 Å². The van der Waals surface area contributed by atoms with Crippen LogP contribution in [-0.4, -0.2) is 22.4 Å². The van der Waals surface area contributed by atoms with E-state index in [9.17, 15) is 19.3 Å². The van der Waals surface area contributed by atoms with E-state index in [0.717, 1.165) is 6.07 Å². The van der Waals surface area contributed by atoms with Crippen LogP contribution in [0.5, 0.6) is 0 Å². The standard InChI is InChI=1S/C13H18FN3O3/c1-8(12(18)16-13(2,3)4)15-10-7-5-6-9(14)11(10)17(19)20/h5-8,15H,1-4H3,(H,16,18). The maximum atomic E-state index is 13.4. The predicted octanol–water partition coefficient (Wildman–Crippen LogP) is 2.45. The second-order valence-corrected chi connectivity index (χ2v) is 5.50. The molecule has 1 unspecified atom stereocenters. The van der Waals surface area contributed by atoms with Crippen molar-refractivity contribution in [2.45, 2.75) is 39.3 Å². The van der Waals surface area contributed by atoms with Crippen LogP contribution < -0.4 is 10.6 Å². The lowest BCUT2D eigenvalue weighted by Gasteiger charge is -2.24. The average Bonchev–Trinajstić information content (AvgIpc) is 2.25. The molecule has 1 aromatic rings. The average molecular weight is 283 g/mol. The smallest absolute Gasteiger partial charge is 0.327 e. The maximum absolute atomic E-state index is 13.4. The van der Waals surface area contributed by atoms with E-state index in [2.05, 4.69) is 10.6 Å². The number of nitro benzene ring substituents is 1. The fourth-order valence-corrected chi connectivity index (χ4v) is 1.59. The molecule has 7 heteroatoms. The number of benzene rings is 1. The van der Waals surface area contributed by atoms with Gasteiger partial charge in [-0.05, 0) is 39.8 Å². The van der Waals surface area contributed by atoms with Gasteiger partial charge in [0.2, 0.25) is 11.7 Å². The van der Waals surface area contributed by atoms with Gasteiger partial charge in [0.25, 0.3) is 0 Å². The Bertz CT molecular complexity index is 526. The van der Waals surface area contributed by atoms with Gasteiger partial charge in [-0.25, -0.2) is 0 Å². The van der Waals surface area contributed by atoms with Gasteiger partial charge >= 0.3 is 5.69 Å². The summed E-state index contributed by atoms with van der Waals surface area (Å²) in [5, 5.41) is 16.2. The Morgan fingerprint density at radius 1 is 1.40 bits per heavy atom. The summed E-state index contributed by atoms with van der Waals surface area (Å²) in [6.45, 7) is 7.02. The maximum Gasteiger partial charge on any atom is 0.327 e. The van der Waals surface area contributed by atoms with Gasteiger partial charge < -0.3 is 10.6 Å². The molecule has 0 radical (unpaired) electrons. The zero-order valence-electron chi connectivity index (χ0n) is 11.9. The number of rotatable bonds is 4. The van der Waals surface area contributed by atoms with Crippen LogP contribution in [0.4, 0.5) is 15.8 Å². The molecule has 0 fully saturated rings. The molecular weight excluding hydrogens is 265 g/mol. The van der Waals surface area contributed by atoms with Crippen molar-refractivity contribution in [3.8, 4) is 0 Å². The molecule has 0 saturated carbocycles. The number of para-hydroxylation sites is 1. The number of nitrogens with one attached hydrogen (secondary N) is 2. The van der Waals surface area contributed by atoms with Crippen molar-refractivity contribution in [1.29, 1.82) is 0 Å². The summed E-state index contributed by atoms with van der Waals surface area (Å²) in [5.41, 5.74) is -1.10. The number of anilines is 1. The summed E-state index contributed by atoms with van der Waals surface area (Å²) < 4.78 is 13.4. The van der Waals surface area contributed by atoms with E-state index in [1.165, 1.54) is 12.1 Å². The quantitative estimate of drug-likeness (QED) is 0.656. The van der Waals surface area contributed by atoms with Crippen molar-refractivity contribution in [2.75, 3.05) is 5.32 Å². The molecule has 1 amide bonds. The summed E-state index contributed by atoms with van der Waals surface area (Å²) in [5.74, 6) is -1.26. The lowest BCUT2D eigenvalue weighted by molar-refractivity contribution is -0.386. The first-order chi connectivity index (χ1) is 9.11. The second-order valence-electron chi connectivity index (χ2n) is 5.50. The van der Waals surface area contributed by atoms with Gasteiger partial charge in [-0.15, -0.1) is 0 Å². The molecule has 0 aromatic heterocycles. The molecule has 6 nitrogen and oxygen atoms in total. The van der Waals surface area contributed by atoms with Crippen molar-refractivity contribution in [3.05, 3.63) is 34.1 Å². The van der Waals surface area contributed by atoms with Crippen LogP contribution in [0.25, 0.3) is 0 Å². The van der Waals surface area contributed by atoms with E-state index in [4.69, 9.17) is 0 Å². The van der Waals surface area contributed by atoms with Crippen LogP contribution in [0, 0.1) is 15.9 Å². The van der Waals surface area contributed by atoms with E-state index >= 15 is 0 Å². The van der Waals surface area contributed by atoms with Gasteiger partial charge in [0.05, 0.1) is 4.92 Å². The van der Waals surface area contributed by atoms with Gasteiger partial charge in [0.15, 0.2) is 0 Å². The molecule has 110 valence electrons. The van der Waals surface area contributed by atoms with E-state index < -0.39 is 28.0 Å². The summed E-state index contributed by atoms with van der Waals surface area (Å²) in [6, 6.07) is 2.99. The largest absolute Gasteiger partial charge is 0.368 e. The third-order valence-electron chi connectivity index (χ3n) is 2.43. The highest BCUT2D eigenvalue weighted by molar-refractivity contribution is 5.85. The highest BCUT2D eigenvalue weighted by Gasteiger charge is 2.24. The van der Waals surface area contributed by atoms with Gasteiger partial charge in [0.1, 0.15) is 11.7 Å². The molecule has 1 aromatic carbocycles. The SMILES string of the molecule is CC(Nc1cccc(F)c1[N+](=O)[O-])C(=O)NC(C)(C)C. The fourth-order valence-electron chi connectivity index (χ4n) is 1.59. The van der Waals surface area contributed by atoms with Crippen LogP contribution in [0.15, 0.2) is 18.2 Å². The lowest BCUT2D eigenvalue weighted by Crippen LogP contribution is -2.47. The fraction of sp³-hybridized carbons (Fsp3) is 0.462. The monoisotopic (exact) mass is 283 g/mol. The molecule has 0 spiro atoms. The number of nitrogens with zero attached hydrogens (tertiary/aromatic N) is 1. The Labute approximate surface area is 116 Å². The minimum Gasteiger partial charge on any atom is -0.368 e. The Kier molecular flexibility index (Phi) is 4.65. The van der Waals surface area contributed by atoms with Crippen LogP contribution in [0.2, 0.25) is 0 Å². The number of carbonyl (C=O) groups excluding carboxylic acids is 1. The first-order valence-electron chi connectivity index (χ1n) is 6.13. The topological polar surface area (TPSA) is 84.3 Å². The van der Waals surface area contributed by atoms with Crippen molar-refractivity contribution < 1.29 is 14.1 Å². The predicted molar refractivity (Wildman–Crippen MR) is 74.0 cm³/mol. The number of hydrogen-bond acceptors (Lipinski definition) is 4. The molecule has 0 aliphatic heterocycles. The molecule has 1 rings (SSSR count). The van der Waals surface area contributed by atoms with Crippen LogP contribution >= 0.6 is 0 Å². The summed E-state index contributed by atoms with van der Waals surface area (Å²) in [6.07, 6.45) is 0. The molecule has 20 heavy (non-hydrogen) atoms. The van der Waals surface area contributed by atoms with Crippen LogP contribution in [-0.2, 0) is 4.79 Å². The molecule has 0 aliphatic rings. The Morgan fingerprint density at radius 2 is 2.00 bits per heavy atom. The number of nitro groups is 1. The van der Waals surface area contributed by atoms with Crippen molar-refractivity contribution in [1.82, 2.24) is 5.32 Å². The lowest BCUT2D eigenvalue weighted by atomic mass is 10.1. The highest BCUT2D eigenvalue weighted by atomic mass is 19.1. The van der Waals surface area contributed by atoms with E-state index in [0.29, 0.717) is 0 Å². The van der Waals surface area contributed by atoms with Crippen molar-refractivity contribution >= 4 is 17.3 Å². The Morgan fingerprint density at radius 3 is 2.50 bits per heavy atom. The zero-order valence-corrected chi connectivity index (χ0v) is 11.9. The van der Waals surface area contributed by atoms with Gasteiger partial charge in [-0.2, -0.15) is 4.39 Å². The first-order valence-corrected chi connectivity index (χ1v) is 6.13. The zero-order chi connectivity index (χ0) is 15.5. The summed E-state index contributed by atoms with van der Waals surface area (Å²) >= 11 is 0. The summed E-state index contributed by atoms with van der Waals surface area (Å²) in [4.78, 5) is 21.9. The van der Waals surface area contributed by atoms with Crippen LogP contribution in [0.1, 0.15) is 27.7 Å². The van der Waals surface area contributed by atoms with Crippen molar-refractivity contribution in [3.63, 3.8) is 0 Å². The van der Waals surface area contributed by atoms with Gasteiger partial charge in [-0.3, -0.25) is 14.9 Å². The molecule has 1 atom stereocenters. The number of amides is 1. The number of halogens is 1. The van der Waals surface area contributed by atoms with Crippen molar-refractivity contribution in [2.24, 2.45) is 0 Å². The molecule has 0 aliphatic carbocycles. The minimum absolute atomic E-state index is 0.0217. The molecule has 2 N–H and O–H groups in total. The first kappa shape index (κ1) is 15.9. The summed E-state index contributed by atoms with van der Waals surface area (Å²) in [7, 11) is 0. The van der Waals surface area contributed by atoms with E-state index in [1.54, 1.807) is 6.92 Å². The molecule has 0 saturated heterocycles. The number of hydrogen-bond donors (Lipinski definition) is 2. The normalized spacial score (nSPS) is 12.7. The number of carbonyl (C=O) groups is 1. The van der Waals surface area contributed by atoms with Crippen LogP contribution in [0.3, 0.4) is 0 Å². The Balaban J connectivity index is 2.91. The molecule has 0 bridgehead atoms. The van der Waals surface area contributed by atoms with E-state index in [1.807, 2.05) is 20.8 Å². The second kappa shape index (κ2) is 5.85. The highest BCUT2D eigenvalue weighted by Crippen LogP contribution is 2.27. The molecular formula is C13H18FN3O3. The van der Waals surface area contributed by atoms with Gasteiger partial charge in [0, 0.05) is 5.54 Å². The third-order valence-corrected chi connectivity index (χ3v) is 2.43. The molecule has 0 heterocycles. The Hall–Kier alpha value is -2.18. The third kappa shape index (κ3) is 4.18.